The van der Waals surface area contributed by atoms with E-state index in [2.05, 4.69) is 13.8 Å². The molecule has 0 amide bonds. The van der Waals surface area contributed by atoms with Gasteiger partial charge in [-0.3, -0.25) is 9.59 Å². The summed E-state index contributed by atoms with van der Waals surface area (Å²) in [4.78, 5) is 24.2. The van der Waals surface area contributed by atoms with E-state index in [1.165, 1.54) is 24.8 Å². The highest BCUT2D eigenvalue weighted by Crippen LogP contribution is 2.60. The van der Waals surface area contributed by atoms with Gasteiger partial charge in [0.25, 0.3) is 0 Å². The topological polar surface area (TPSA) is 43.4 Å². The highest BCUT2D eigenvalue weighted by molar-refractivity contribution is 5.95. The molecule has 21 heavy (non-hydrogen) atoms. The molecule has 0 aromatic carbocycles. The van der Waals surface area contributed by atoms with Crippen molar-refractivity contribution in [2.45, 2.75) is 52.4 Å². The van der Waals surface area contributed by atoms with Crippen molar-refractivity contribution in [1.29, 1.82) is 0 Å². The summed E-state index contributed by atoms with van der Waals surface area (Å²) in [5, 5.41) is 0. The summed E-state index contributed by atoms with van der Waals surface area (Å²) in [6.45, 7) is 4.46. The molecule has 0 aromatic rings. The van der Waals surface area contributed by atoms with E-state index in [1.54, 1.807) is 6.08 Å². The SMILES string of the molecule is CC12CCCC1=C1OC(=O)C3CC(=O)C=CC3(C)C1CC2. The molecule has 0 aromatic heterocycles. The molecule has 112 valence electrons. The lowest BCUT2D eigenvalue weighted by atomic mass is 9.56. The Balaban J connectivity index is 1.85. The zero-order valence-electron chi connectivity index (χ0n) is 12.8. The highest BCUT2D eigenvalue weighted by Gasteiger charge is 2.56. The maximum absolute atomic E-state index is 12.5. The molecule has 4 atom stereocenters. The van der Waals surface area contributed by atoms with E-state index in [0.29, 0.717) is 6.42 Å². The molecular formula is C18H22O3. The number of rotatable bonds is 0. The van der Waals surface area contributed by atoms with Gasteiger partial charge >= 0.3 is 5.97 Å². The van der Waals surface area contributed by atoms with Crippen LogP contribution in [0.4, 0.5) is 0 Å². The van der Waals surface area contributed by atoms with Crippen molar-refractivity contribution < 1.29 is 14.3 Å². The lowest BCUT2D eigenvalue weighted by Crippen LogP contribution is -2.50. The largest absolute Gasteiger partial charge is 0.431 e. The molecule has 1 saturated carbocycles. The van der Waals surface area contributed by atoms with E-state index in [0.717, 1.165) is 18.6 Å². The zero-order chi connectivity index (χ0) is 14.8. The van der Waals surface area contributed by atoms with Crippen LogP contribution in [0.25, 0.3) is 0 Å². The predicted molar refractivity (Wildman–Crippen MR) is 78.2 cm³/mol. The normalized spacial score (nSPS) is 45.0. The lowest BCUT2D eigenvalue weighted by molar-refractivity contribution is -0.161. The second kappa shape index (κ2) is 4.08. The summed E-state index contributed by atoms with van der Waals surface area (Å²) in [6.07, 6.45) is 9.71. The first-order chi connectivity index (χ1) is 9.94. The van der Waals surface area contributed by atoms with Gasteiger partial charge in [-0.2, -0.15) is 0 Å². The summed E-state index contributed by atoms with van der Waals surface area (Å²) in [7, 11) is 0. The molecule has 1 heterocycles. The number of ether oxygens (including phenoxy) is 1. The van der Waals surface area contributed by atoms with Crippen LogP contribution in [0.2, 0.25) is 0 Å². The van der Waals surface area contributed by atoms with Gasteiger partial charge in [0.1, 0.15) is 5.76 Å². The van der Waals surface area contributed by atoms with Crippen LogP contribution in [0.5, 0.6) is 0 Å². The van der Waals surface area contributed by atoms with Crippen molar-refractivity contribution >= 4 is 11.8 Å². The first-order valence-electron chi connectivity index (χ1n) is 8.11. The minimum absolute atomic E-state index is 0.0482. The molecule has 0 radical (unpaired) electrons. The van der Waals surface area contributed by atoms with Crippen LogP contribution in [0, 0.1) is 22.7 Å². The molecule has 1 aliphatic heterocycles. The van der Waals surface area contributed by atoms with Crippen LogP contribution in [0.15, 0.2) is 23.5 Å². The molecule has 3 nitrogen and oxygen atoms in total. The van der Waals surface area contributed by atoms with Gasteiger partial charge in [0.2, 0.25) is 0 Å². The Kier molecular flexibility index (Phi) is 2.59. The number of ketones is 1. The van der Waals surface area contributed by atoms with Gasteiger partial charge in [-0.1, -0.05) is 19.9 Å². The second-order valence-corrected chi connectivity index (χ2v) is 7.69. The van der Waals surface area contributed by atoms with Crippen LogP contribution >= 0.6 is 0 Å². The van der Waals surface area contributed by atoms with Crippen molar-refractivity contribution in [2.75, 3.05) is 0 Å². The molecule has 3 aliphatic carbocycles. The smallest absolute Gasteiger partial charge is 0.315 e. The number of carbonyl (C=O) groups is 2. The molecule has 4 rings (SSSR count). The van der Waals surface area contributed by atoms with Gasteiger partial charge in [0.05, 0.1) is 5.92 Å². The molecule has 4 aliphatic rings. The van der Waals surface area contributed by atoms with E-state index < -0.39 is 0 Å². The van der Waals surface area contributed by atoms with Crippen LogP contribution in [-0.2, 0) is 14.3 Å². The Bertz CT molecular complexity index is 600. The van der Waals surface area contributed by atoms with Gasteiger partial charge in [-0.25, -0.2) is 0 Å². The van der Waals surface area contributed by atoms with E-state index in [4.69, 9.17) is 4.74 Å². The maximum atomic E-state index is 12.5. The summed E-state index contributed by atoms with van der Waals surface area (Å²) >= 11 is 0. The monoisotopic (exact) mass is 286 g/mol. The highest BCUT2D eigenvalue weighted by atomic mass is 16.5. The van der Waals surface area contributed by atoms with E-state index in [-0.39, 0.29) is 34.4 Å². The first kappa shape index (κ1) is 13.3. The number of carbonyl (C=O) groups excluding carboxylic acids is 2. The summed E-state index contributed by atoms with van der Waals surface area (Å²) < 4.78 is 5.81. The average molecular weight is 286 g/mol. The molecule has 0 spiro atoms. The fourth-order valence-corrected chi connectivity index (χ4v) is 5.09. The van der Waals surface area contributed by atoms with E-state index >= 15 is 0 Å². The Hall–Kier alpha value is -1.38. The summed E-state index contributed by atoms with van der Waals surface area (Å²) in [5.74, 6) is 0.793. The number of esters is 1. The molecular weight excluding hydrogens is 264 g/mol. The fraction of sp³-hybridized carbons (Fsp3) is 0.667. The van der Waals surface area contributed by atoms with Crippen molar-refractivity contribution in [1.82, 2.24) is 0 Å². The lowest BCUT2D eigenvalue weighted by Gasteiger charge is -2.50. The third-order valence-electron chi connectivity index (χ3n) is 6.51. The standard InChI is InChI=1S/C18H22O3/c1-17-7-3-4-12(17)15-13(6-8-17)18(2)9-5-11(19)10-14(18)16(20)21-15/h5,9,13-14H,3-4,6-8,10H2,1-2H3. The zero-order valence-corrected chi connectivity index (χ0v) is 12.8. The summed E-state index contributed by atoms with van der Waals surface area (Å²) in [5.41, 5.74) is 1.39. The Morgan fingerprint density at radius 3 is 2.81 bits per heavy atom. The first-order valence-corrected chi connectivity index (χ1v) is 8.11. The molecule has 3 heteroatoms. The predicted octanol–water partition coefficient (Wildman–Crippen LogP) is 3.55. The van der Waals surface area contributed by atoms with Crippen molar-refractivity contribution in [3.8, 4) is 0 Å². The molecule has 1 saturated heterocycles. The van der Waals surface area contributed by atoms with E-state index in [9.17, 15) is 9.59 Å². The van der Waals surface area contributed by atoms with Crippen LogP contribution in [0.1, 0.15) is 52.4 Å². The minimum atomic E-state index is -0.296. The average Bonchev–Trinajstić information content (AvgIpc) is 2.83. The molecule has 0 bridgehead atoms. The third-order valence-corrected chi connectivity index (χ3v) is 6.51. The molecule has 2 fully saturated rings. The Morgan fingerprint density at radius 2 is 2.00 bits per heavy atom. The van der Waals surface area contributed by atoms with Crippen molar-refractivity contribution in [3.05, 3.63) is 23.5 Å². The van der Waals surface area contributed by atoms with Crippen LogP contribution in [0.3, 0.4) is 0 Å². The fourth-order valence-electron chi connectivity index (χ4n) is 5.09. The Labute approximate surface area is 125 Å². The number of hydrogen-bond acceptors (Lipinski definition) is 3. The van der Waals surface area contributed by atoms with Gasteiger partial charge in [0.15, 0.2) is 5.78 Å². The second-order valence-electron chi connectivity index (χ2n) is 7.69. The minimum Gasteiger partial charge on any atom is -0.431 e. The quantitative estimate of drug-likeness (QED) is 0.640. The number of hydrogen-bond donors (Lipinski definition) is 0. The van der Waals surface area contributed by atoms with E-state index in [1.807, 2.05) is 6.08 Å². The van der Waals surface area contributed by atoms with Crippen LogP contribution in [-0.4, -0.2) is 11.8 Å². The number of fused-ring (bicyclic) bond motifs is 4. The van der Waals surface area contributed by atoms with Crippen molar-refractivity contribution in [2.24, 2.45) is 22.7 Å². The molecule has 0 N–H and O–H groups in total. The van der Waals surface area contributed by atoms with Crippen molar-refractivity contribution in [3.63, 3.8) is 0 Å². The number of allylic oxidation sites excluding steroid dienone is 4. The molecule has 4 unspecified atom stereocenters. The Morgan fingerprint density at radius 1 is 1.19 bits per heavy atom. The van der Waals surface area contributed by atoms with Gasteiger partial charge in [-0.15, -0.1) is 0 Å². The van der Waals surface area contributed by atoms with Crippen LogP contribution < -0.4 is 0 Å². The van der Waals surface area contributed by atoms with Gasteiger partial charge in [0, 0.05) is 17.8 Å². The van der Waals surface area contributed by atoms with Gasteiger partial charge in [-0.05, 0) is 49.2 Å². The maximum Gasteiger partial charge on any atom is 0.315 e. The summed E-state index contributed by atoms with van der Waals surface area (Å²) in [6, 6.07) is 0. The third kappa shape index (κ3) is 1.66. The van der Waals surface area contributed by atoms with Gasteiger partial charge < -0.3 is 4.74 Å².